The molecule has 0 bridgehead atoms. The highest BCUT2D eigenvalue weighted by Crippen LogP contribution is 2.31. The molecule has 0 fully saturated rings. The summed E-state index contributed by atoms with van der Waals surface area (Å²) < 4.78 is 38.6. The van der Waals surface area contributed by atoms with Gasteiger partial charge in [-0.25, -0.2) is 8.42 Å². The van der Waals surface area contributed by atoms with Crippen molar-refractivity contribution >= 4 is 55.6 Å². The highest BCUT2D eigenvalue weighted by atomic mass is 32.2. The Balaban J connectivity index is 1.50. The number of H-pyrrole nitrogens is 1. The minimum Gasteiger partial charge on any atom is -0.355 e. The fraction of sp³-hybridized carbons (Fsp3) is 0.269. The molecule has 37 heavy (non-hydrogen) atoms. The number of nitrogens with zero attached hydrogens (tertiary/aromatic N) is 1. The van der Waals surface area contributed by atoms with Crippen molar-refractivity contribution in [2.75, 3.05) is 32.1 Å². The van der Waals surface area contributed by atoms with Gasteiger partial charge < -0.3 is 19.8 Å². The number of methoxy groups -OCH3 is 2. The topological polar surface area (TPSA) is 101 Å². The van der Waals surface area contributed by atoms with E-state index in [0.717, 1.165) is 22.5 Å². The van der Waals surface area contributed by atoms with E-state index in [1.54, 1.807) is 61.7 Å². The van der Waals surface area contributed by atoms with Crippen LogP contribution in [0.25, 0.3) is 10.9 Å². The van der Waals surface area contributed by atoms with E-state index >= 15 is 0 Å². The number of anilines is 1. The normalized spacial score (nSPS) is 12.6. The van der Waals surface area contributed by atoms with Gasteiger partial charge in [0.1, 0.15) is 9.90 Å². The van der Waals surface area contributed by atoms with Gasteiger partial charge in [-0.05, 0) is 29.1 Å². The van der Waals surface area contributed by atoms with Crippen molar-refractivity contribution < 1.29 is 22.7 Å². The maximum absolute atomic E-state index is 13.1. The van der Waals surface area contributed by atoms with Crippen LogP contribution < -0.4 is 9.62 Å². The largest absolute Gasteiger partial charge is 0.355 e. The number of hydrogen-bond acceptors (Lipinski definition) is 7. The summed E-state index contributed by atoms with van der Waals surface area (Å²) in [6.45, 7) is 0.317. The average molecular weight is 560 g/mol. The zero-order valence-electron chi connectivity index (χ0n) is 20.7. The molecule has 11 heteroatoms. The van der Waals surface area contributed by atoms with Crippen molar-refractivity contribution in [1.82, 2.24) is 10.3 Å². The van der Waals surface area contributed by atoms with E-state index in [1.165, 1.54) is 16.9 Å². The molecule has 0 saturated carbocycles. The van der Waals surface area contributed by atoms with Gasteiger partial charge in [-0.1, -0.05) is 48.5 Å². The smallest absolute Gasteiger partial charge is 0.273 e. The van der Waals surface area contributed by atoms with Crippen LogP contribution in [0.4, 0.5) is 5.69 Å². The maximum Gasteiger partial charge on any atom is 0.273 e. The van der Waals surface area contributed by atoms with Gasteiger partial charge >= 0.3 is 0 Å². The van der Waals surface area contributed by atoms with Gasteiger partial charge in [0.05, 0.1) is 16.5 Å². The minimum atomic E-state index is -3.72. The van der Waals surface area contributed by atoms with Gasteiger partial charge in [-0.3, -0.25) is 9.10 Å². The van der Waals surface area contributed by atoms with Crippen molar-refractivity contribution in [3.05, 3.63) is 83.4 Å². The Bertz CT molecular complexity index is 1420. The van der Waals surface area contributed by atoms with Crippen molar-refractivity contribution in [2.24, 2.45) is 0 Å². The zero-order valence-corrected chi connectivity index (χ0v) is 23.2. The number of para-hydroxylation sites is 1. The fourth-order valence-corrected chi connectivity index (χ4v) is 7.45. The molecule has 8 nitrogen and oxygen atoms in total. The van der Waals surface area contributed by atoms with Gasteiger partial charge in [-0.2, -0.15) is 0 Å². The van der Waals surface area contributed by atoms with Crippen molar-refractivity contribution in [3.8, 4) is 0 Å². The van der Waals surface area contributed by atoms with Crippen LogP contribution >= 0.6 is 23.1 Å². The lowest BCUT2D eigenvalue weighted by molar-refractivity contribution is -0.101. The van der Waals surface area contributed by atoms with Crippen molar-refractivity contribution in [1.29, 1.82) is 0 Å². The van der Waals surface area contributed by atoms with Crippen LogP contribution in [0.1, 0.15) is 16.1 Å². The zero-order chi connectivity index (χ0) is 26.4. The Kier molecular flexibility index (Phi) is 8.93. The van der Waals surface area contributed by atoms with E-state index in [1.807, 2.05) is 24.3 Å². The Morgan fingerprint density at radius 1 is 1.08 bits per heavy atom. The number of carbonyl (C=O) groups excluding carboxylic acids is 1. The second-order valence-electron chi connectivity index (χ2n) is 8.21. The van der Waals surface area contributed by atoms with Crippen LogP contribution in [0.3, 0.4) is 0 Å². The Hall–Kier alpha value is -2.83. The van der Waals surface area contributed by atoms with Crippen molar-refractivity contribution in [2.45, 2.75) is 21.5 Å². The summed E-state index contributed by atoms with van der Waals surface area (Å²) in [5.41, 5.74) is 2.53. The van der Waals surface area contributed by atoms with Crippen LogP contribution in [0.5, 0.6) is 0 Å². The molecule has 0 spiro atoms. The van der Waals surface area contributed by atoms with Crippen LogP contribution in [-0.4, -0.2) is 58.7 Å². The number of sulfonamides is 1. The van der Waals surface area contributed by atoms with E-state index < -0.39 is 16.3 Å². The van der Waals surface area contributed by atoms with Crippen molar-refractivity contribution in [3.63, 3.8) is 0 Å². The van der Waals surface area contributed by atoms with Gasteiger partial charge in [0.25, 0.3) is 15.9 Å². The Morgan fingerprint density at radius 2 is 1.84 bits per heavy atom. The molecule has 2 aromatic carbocycles. The van der Waals surface area contributed by atoms with Gasteiger partial charge in [0.2, 0.25) is 0 Å². The van der Waals surface area contributed by atoms with Gasteiger partial charge in [-0.15, -0.1) is 23.1 Å². The number of ether oxygens (including phenoxy) is 2. The van der Waals surface area contributed by atoms with Crippen LogP contribution in [0.15, 0.2) is 76.3 Å². The summed E-state index contributed by atoms with van der Waals surface area (Å²) in [5.74, 6) is 0.438. The Labute approximate surface area is 225 Å². The average Bonchev–Trinajstić information content (AvgIpc) is 3.61. The van der Waals surface area contributed by atoms with E-state index in [9.17, 15) is 13.2 Å². The quantitative estimate of drug-likeness (QED) is 0.244. The van der Waals surface area contributed by atoms with E-state index in [0.29, 0.717) is 23.4 Å². The highest BCUT2D eigenvalue weighted by molar-refractivity contribution is 7.99. The molecule has 196 valence electrons. The molecule has 0 aliphatic rings. The number of thioether (sulfide) groups is 1. The molecule has 2 heterocycles. The summed E-state index contributed by atoms with van der Waals surface area (Å²) in [4.78, 5) is 16.2. The number of benzene rings is 2. The number of nitrogens with one attached hydrogen (secondary N) is 2. The van der Waals surface area contributed by atoms with E-state index in [4.69, 9.17) is 9.47 Å². The van der Waals surface area contributed by atoms with E-state index in [-0.39, 0.29) is 15.4 Å². The molecule has 1 atom stereocenters. The molecule has 4 rings (SSSR count). The molecule has 1 unspecified atom stereocenters. The molecule has 0 radical (unpaired) electrons. The fourth-order valence-electron chi connectivity index (χ4n) is 3.90. The molecular weight excluding hydrogens is 531 g/mol. The predicted octanol–water partition coefficient (Wildman–Crippen LogP) is 4.71. The third-order valence-corrected chi connectivity index (χ3v) is 10.3. The monoisotopic (exact) mass is 559 g/mol. The number of thiophene rings is 1. The van der Waals surface area contributed by atoms with E-state index in [2.05, 4.69) is 22.4 Å². The first kappa shape index (κ1) is 27.2. The minimum absolute atomic E-state index is 0.152. The molecule has 0 aliphatic carbocycles. The number of fused-ring (bicyclic) bond motifs is 1. The molecule has 1 amide bonds. The molecule has 2 N–H and O–H groups in total. The van der Waals surface area contributed by atoms with Crippen LogP contribution in [0, 0.1) is 0 Å². The number of aromatic nitrogens is 1. The SMILES string of the molecule is COC(OC)C(CNC(=O)c1cc2cccc(N(C)S(=O)(=O)c3cccs3)c2[nH]1)SCc1ccccc1. The third-order valence-electron chi connectivity index (χ3n) is 5.87. The lowest BCUT2D eigenvalue weighted by atomic mass is 10.2. The first-order valence-corrected chi connectivity index (χ1v) is 14.9. The first-order chi connectivity index (χ1) is 17.8. The standard InChI is InChI=1S/C26H29N3O5S3/c1-29(37(31,32)23-13-8-14-35-23)21-12-7-11-19-15-20(28-24(19)21)25(30)27-16-22(26(33-2)34-3)36-17-18-9-5-4-6-10-18/h4-15,22,26,28H,16-17H2,1-3H3,(H,27,30). The summed E-state index contributed by atoms with van der Waals surface area (Å²) >= 11 is 2.79. The second kappa shape index (κ2) is 12.1. The highest BCUT2D eigenvalue weighted by Gasteiger charge is 2.26. The second-order valence-corrected chi connectivity index (χ2v) is 12.6. The molecular formula is C26H29N3O5S3. The molecule has 0 aliphatic heterocycles. The predicted molar refractivity (Wildman–Crippen MR) is 150 cm³/mol. The molecule has 4 aromatic rings. The Morgan fingerprint density at radius 3 is 2.51 bits per heavy atom. The van der Waals surface area contributed by atoms with Gasteiger partial charge in [0, 0.05) is 39.0 Å². The first-order valence-electron chi connectivity index (χ1n) is 11.5. The lowest BCUT2D eigenvalue weighted by Gasteiger charge is -2.24. The van der Waals surface area contributed by atoms with Gasteiger partial charge in [0.15, 0.2) is 6.29 Å². The maximum atomic E-state index is 13.1. The number of amides is 1. The number of aromatic amines is 1. The number of carbonyl (C=O) groups is 1. The number of rotatable bonds is 12. The summed E-state index contributed by atoms with van der Waals surface area (Å²) in [6.07, 6.45) is -0.501. The third kappa shape index (κ3) is 6.19. The summed E-state index contributed by atoms with van der Waals surface area (Å²) in [6, 6.07) is 20.4. The summed E-state index contributed by atoms with van der Waals surface area (Å²) in [7, 11) is 0.943. The lowest BCUT2D eigenvalue weighted by Crippen LogP contribution is -2.39. The van der Waals surface area contributed by atoms with Crippen LogP contribution in [-0.2, 0) is 25.2 Å². The molecule has 0 saturated heterocycles. The number of hydrogen-bond donors (Lipinski definition) is 2. The van der Waals surface area contributed by atoms with Crippen LogP contribution in [0.2, 0.25) is 0 Å². The molecule has 2 aromatic heterocycles. The summed E-state index contributed by atoms with van der Waals surface area (Å²) in [5, 5.41) is 5.27.